The second kappa shape index (κ2) is 4.71. The number of nitriles is 1. The summed E-state index contributed by atoms with van der Waals surface area (Å²) in [7, 11) is 0. The third-order valence-electron chi connectivity index (χ3n) is 1.97. The Balaban J connectivity index is 2.85. The summed E-state index contributed by atoms with van der Waals surface area (Å²) in [5.74, 6) is 0. The van der Waals surface area contributed by atoms with Crippen molar-refractivity contribution < 1.29 is 8.76 Å². The van der Waals surface area contributed by atoms with Crippen LogP contribution in [0.5, 0.6) is 0 Å². The molecule has 0 amide bonds. The van der Waals surface area contributed by atoms with E-state index in [0.29, 0.717) is 22.6 Å². The van der Waals surface area contributed by atoms with Crippen molar-refractivity contribution in [2.45, 2.75) is 19.4 Å². The molecule has 0 bridgehead atoms. The van der Waals surface area contributed by atoms with Crippen molar-refractivity contribution in [1.82, 2.24) is 4.72 Å². The number of halogens is 1. The van der Waals surface area contributed by atoms with Gasteiger partial charge in [-0.25, -0.2) is 4.72 Å². The van der Waals surface area contributed by atoms with Crippen molar-refractivity contribution in [3.05, 3.63) is 22.3 Å². The Bertz CT molecular complexity index is 370. The maximum atomic E-state index is 10.4. The Hall–Kier alpha value is -0.670. The minimum atomic E-state index is -2.34. The lowest BCUT2D eigenvalue weighted by atomic mass is 9.96. The third-order valence-corrected chi connectivity index (χ3v) is 2.87. The van der Waals surface area contributed by atoms with Crippen LogP contribution in [-0.2, 0) is 11.3 Å². The third kappa shape index (κ3) is 2.66. The van der Waals surface area contributed by atoms with Crippen LogP contribution in [-0.4, -0.2) is 14.8 Å². The molecule has 2 unspecified atom stereocenters. The first-order valence-electron chi connectivity index (χ1n) is 3.87. The lowest BCUT2D eigenvalue weighted by Gasteiger charge is -2.21. The zero-order valence-corrected chi connectivity index (χ0v) is 8.98. The summed E-state index contributed by atoms with van der Waals surface area (Å²) in [6, 6.07) is 1.58. The molecule has 0 aliphatic heterocycles. The van der Waals surface area contributed by atoms with E-state index in [4.69, 9.17) is 16.9 Å². The molecule has 0 fully saturated rings. The first kappa shape index (κ1) is 11.4. The first-order valence-corrected chi connectivity index (χ1v) is 5.33. The highest BCUT2D eigenvalue weighted by atomic mass is 35.5. The van der Waals surface area contributed by atoms with Crippen LogP contribution in [0, 0.1) is 11.3 Å². The molecule has 1 aliphatic carbocycles. The molecule has 1 aliphatic rings. The average molecular weight is 232 g/mol. The van der Waals surface area contributed by atoms with E-state index < -0.39 is 17.3 Å². The minimum Gasteiger partial charge on any atom is -0.760 e. The Kier molecular flexibility index (Phi) is 3.84. The van der Waals surface area contributed by atoms with Crippen LogP contribution in [0.25, 0.3) is 0 Å². The van der Waals surface area contributed by atoms with E-state index in [0.717, 1.165) is 0 Å². The molecule has 76 valence electrons. The average Bonchev–Trinajstić information content (AvgIpc) is 2.10. The highest BCUT2D eigenvalue weighted by Gasteiger charge is 2.18. The van der Waals surface area contributed by atoms with Crippen LogP contribution in [0.2, 0.25) is 0 Å². The lowest BCUT2D eigenvalue weighted by molar-refractivity contribution is 0.514. The van der Waals surface area contributed by atoms with E-state index in [9.17, 15) is 8.76 Å². The van der Waals surface area contributed by atoms with Crippen molar-refractivity contribution >= 4 is 22.9 Å². The number of nitrogens with zero attached hydrogens (tertiary/aromatic N) is 1. The highest BCUT2D eigenvalue weighted by molar-refractivity contribution is 7.77. The summed E-state index contributed by atoms with van der Waals surface area (Å²) in [4.78, 5) is 0. The van der Waals surface area contributed by atoms with Gasteiger partial charge in [-0.1, -0.05) is 11.6 Å². The van der Waals surface area contributed by atoms with Gasteiger partial charge in [-0.2, -0.15) is 5.26 Å². The molecular weight excluding hydrogens is 224 g/mol. The van der Waals surface area contributed by atoms with Crippen LogP contribution in [0.15, 0.2) is 22.3 Å². The molecule has 0 saturated heterocycles. The summed E-state index contributed by atoms with van der Waals surface area (Å²) in [6.07, 6.45) is 1.94. The van der Waals surface area contributed by atoms with Gasteiger partial charge < -0.3 is 4.55 Å². The van der Waals surface area contributed by atoms with E-state index in [1.165, 1.54) is 0 Å². The fraction of sp³-hybridized carbons (Fsp3) is 0.375. The standard InChI is InChI=1S/C8H9ClN2O2S/c1-5-6(4-10)2-7(3-8(5)9)11-14(12)13/h3,7,11H,2H2,1H3,(H,12,13)/p-1. The monoisotopic (exact) mass is 231 g/mol. The van der Waals surface area contributed by atoms with Crippen molar-refractivity contribution in [2.24, 2.45) is 0 Å². The van der Waals surface area contributed by atoms with Crippen LogP contribution >= 0.6 is 11.6 Å². The maximum absolute atomic E-state index is 10.4. The van der Waals surface area contributed by atoms with Crippen molar-refractivity contribution in [3.63, 3.8) is 0 Å². The van der Waals surface area contributed by atoms with Gasteiger partial charge in [0.1, 0.15) is 0 Å². The Labute approximate surface area is 89.7 Å². The van der Waals surface area contributed by atoms with Crippen molar-refractivity contribution in [2.75, 3.05) is 0 Å². The van der Waals surface area contributed by atoms with Crippen molar-refractivity contribution in [3.8, 4) is 6.07 Å². The quantitative estimate of drug-likeness (QED) is 0.724. The van der Waals surface area contributed by atoms with Crippen LogP contribution < -0.4 is 4.72 Å². The molecule has 0 heterocycles. The van der Waals surface area contributed by atoms with Gasteiger partial charge in [-0.3, -0.25) is 4.21 Å². The highest BCUT2D eigenvalue weighted by Crippen LogP contribution is 2.27. The molecule has 0 aromatic rings. The van der Waals surface area contributed by atoms with E-state index in [2.05, 4.69) is 4.72 Å². The SMILES string of the molecule is CC1=C(C#N)CC(NS(=O)[O-])C=C1Cl. The van der Waals surface area contributed by atoms with Gasteiger partial charge in [0.25, 0.3) is 0 Å². The van der Waals surface area contributed by atoms with E-state index in [1.807, 2.05) is 6.07 Å². The summed E-state index contributed by atoms with van der Waals surface area (Å²) in [5, 5.41) is 9.18. The van der Waals surface area contributed by atoms with E-state index in [1.54, 1.807) is 13.0 Å². The fourth-order valence-electron chi connectivity index (χ4n) is 1.21. The maximum Gasteiger partial charge on any atom is 0.0951 e. The largest absolute Gasteiger partial charge is 0.760 e. The molecule has 6 heteroatoms. The van der Waals surface area contributed by atoms with Gasteiger partial charge in [-0.05, 0) is 18.6 Å². The van der Waals surface area contributed by atoms with Gasteiger partial charge in [0, 0.05) is 34.3 Å². The molecule has 2 atom stereocenters. The van der Waals surface area contributed by atoms with Gasteiger partial charge in [0.15, 0.2) is 0 Å². The molecular formula is C8H8ClN2O2S-. The molecule has 1 rings (SSSR count). The number of rotatable bonds is 2. The molecule has 1 N–H and O–H groups in total. The summed E-state index contributed by atoms with van der Waals surface area (Å²) in [6.45, 7) is 1.74. The second-order valence-electron chi connectivity index (χ2n) is 2.89. The molecule has 14 heavy (non-hydrogen) atoms. The zero-order valence-electron chi connectivity index (χ0n) is 7.41. The molecule has 0 aromatic heterocycles. The van der Waals surface area contributed by atoms with Crippen molar-refractivity contribution in [1.29, 1.82) is 5.26 Å². The normalized spacial score (nSPS) is 24.1. The number of nitrogens with one attached hydrogen (secondary N) is 1. The van der Waals surface area contributed by atoms with Gasteiger partial charge >= 0.3 is 0 Å². The molecule has 0 radical (unpaired) electrons. The van der Waals surface area contributed by atoms with Gasteiger partial charge in [-0.15, -0.1) is 0 Å². The Morgan fingerprint density at radius 1 is 1.86 bits per heavy atom. The summed E-state index contributed by atoms with van der Waals surface area (Å²) >= 11 is 3.49. The van der Waals surface area contributed by atoms with Crippen LogP contribution in [0.1, 0.15) is 13.3 Å². The molecule has 0 aromatic carbocycles. The fourth-order valence-corrected chi connectivity index (χ4v) is 1.87. The predicted octanol–water partition coefficient (Wildman–Crippen LogP) is 1.11. The zero-order chi connectivity index (χ0) is 10.7. The summed E-state index contributed by atoms with van der Waals surface area (Å²) in [5.41, 5.74) is 1.23. The van der Waals surface area contributed by atoms with Crippen LogP contribution in [0.4, 0.5) is 0 Å². The molecule has 4 nitrogen and oxygen atoms in total. The smallest absolute Gasteiger partial charge is 0.0951 e. The minimum absolute atomic E-state index is 0.354. The predicted molar refractivity (Wildman–Crippen MR) is 52.7 cm³/mol. The topological polar surface area (TPSA) is 76.0 Å². The summed E-state index contributed by atoms with van der Waals surface area (Å²) < 4.78 is 23.0. The molecule has 0 spiro atoms. The Morgan fingerprint density at radius 2 is 2.50 bits per heavy atom. The molecule has 0 saturated carbocycles. The lowest BCUT2D eigenvalue weighted by Crippen LogP contribution is -2.31. The number of hydrogen-bond donors (Lipinski definition) is 1. The van der Waals surface area contributed by atoms with Gasteiger partial charge in [0.2, 0.25) is 0 Å². The second-order valence-corrected chi connectivity index (χ2v) is 4.01. The van der Waals surface area contributed by atoms with E-state index >= 15 is 0 Å². The van der Waals surface area contributed by atoms with Gasteiger partial charge in [0.05, 0.1) is 6.07 Å². The Morgan fingerprint density at radius 3 is 3.00 bits per heavy atom. The van der Waals surface area contributed by atoms with E-state index in [-0.39, 0.29) is 0 Å². The first-order chi connectivity index (χ1) is 6.54. The number of allylic oxidation sites excluding steroid dienone is 2. The van der Waals surface area contributed by atoms with Crippen LogP contribution in [0.3, 0.4) is 0 Å². The number of hydrogen-bond acceptors (Lipinski definition) is 3.